The molecule has 1 fully saturated rings. The number of pyridine rings is 1. The Kier molecular flexibility index (Phi) is 3.60. The number of aryl methyl sites for hydroxylation is 1. The van der Waals surface area contributed by atoms with Crippen molar-refractivity contribution >= 4 is 5.91 Å². The Balaban J connectivity index is 1.56. The van der Waals surface area contributed by atoms with E-state index in [1.807, 2.05) is 48.7 Å². The topological polar surface area (TPSA) is 68.8 Å². The molecule has 1 amide bonds. The summed E-state index contributed by atoms with van der Waals surface area (Å²) in [6, 6.07) is 5.56. The third-order valence-corrected chi connectivity index (χ3v) is 4.36. The van der Waals surface area contributed by atoms with Crippen LogP contribution < -0.4 is 0 Å². The molecule has 4 rings (SSSR count). The minimum absolute atomic E-state index is 0.0147. The van der Waals surface area contributed by atoms with E-state index in [1.54, 1.807) is 21.8 Å². The fourth-order valence-corrected chi connectivity index (χ4v) is 3.19. The Morgan fingerprint density at radius 1 is 1.25 bits per heavy atom. The van der Waals surface area contributed by atoms with Gasteiger partial charge < -0.3 is 4.90 Å². The van der Waals surface area contributed by atoms with E-state index in [1.165, 1.54) is 0 Å². The molecule has 1 aliphatic heterocycles. The van der Waals surface area contributed by atoms with E-state index in [2.05, 4.69) is 15.2 Å². The normalized spacial score (nSPS) is 17.4. The van der Waals surface area contributed by atoms with E-state index >= 15 is 0 Å². The number of carbonyl (C=O) groups is 1. The molecule has 3 aromatic rings. The molecule has 0 saturated carbocycles. The van der Waals surface area contributed by atoms with Crippen molar-refractivity contribution in [1.82, 2.24) is 29.4 Å². The molecule has 7 heteroatoms. The van der Waals surface area contributed by atoms with E-state index in [4.69, 9.17) is 0 Å². The maximum absolute atomic E-state index is 12.9. The van der Waals surface area contributed by atoms with Crippen molar-refractivity contribution < 1.29 is 4.79 Å². The molecular weight excluding hydrogens is 304 g/mol. The lowest BCUT2D eigenvalue weighted by molar-refractivity contribution is 0.0735. The van der Waals surface area contributed by atoms with Crippen molar-refractivity contribution in [2.45, 2.75) is 18.9 Å². The van der Waals surface area contributed by atoms with E-state index < -0.39 is 0 Å². The van der Waals surface area contributed by atoms with Gasteiger partial charge in [0.05, 0.1) is 17.8 Å². The van der Waals surface area contributed by atoms with E-state index in [0.717, 1.165) is 24.9 Å². The SMILES string of the molecule is Cn1cc([C@@H]2CCCN2C(=O)c2ccc(-n3cccn3)nc2)cn1. The van der Waals surface area contributed by atoms with Crippen LogP contribution in [0.25, 0.3) is 5.82 Å². The van der Waals surface area contributed by atoms with Crippen molar-refractivity contribution in [1.29, 1.82) is 0 Å². The molecule has 0 aromatic carbocycles. The van der Waals surface area contributed by atoms with Gasteiger partial charge in [0.25, 0.3) is 5.91 Å². The Morgan fingerprint density at radius 3 is 2.83 bits per heavy atom. The largest absolute Gasteiger partial charge is 0.331 e. The molecule has 1 aliphatic rings. The first kappa shape index (κ1) is 14.6. The summed E-state index contributed by atoms with van der Waals surface area (Å²) >= 11 is 0. The van der Waals surface area contributed by atoms with Crippen LogP contribution in [-0.4, -0.2) is 41.9 Å². The summed E-state index contributed by atoms with van der Waals surface area (Å²) in [5.74, 6) is 0.711. The van der Waals surface area contributed by atoms with Crippen LogP contribution in [-0.2, 0) is 7.05 Å². The minimum Gasteiger partial charge on any atom is -0.331 e. The highest BCUT2D eigenvalue weighted by Crippen LogP contribution is 2.32. The number of carbonyl (C=O) groups excluding carboxylic acids is 1. The van der Waals surface area contributed by atoms with Gasteiger partial charge in [-0.1, -0.05) is 0 Å². The van der Waals surface area contributed by atoms with Crippen molar-refractivity contribution in [3.8, 4) is 5.82 Å². The highest BCUT2D eigenvalue weighted by molar-refractivity contribution is 5.94. The number of aromatic nitrogens is 5. The number of hydrogen-bond acceptors (Lipinski definition) is 4. The first-order valence-corrected chi connectivity index (χ1v) is 7.98. The lowest BCUT2D eigenvalue weighted by Gasteiger charge is -2.23. The van der Waals surface area contributed by atoms with Crippen LogP contribution in [0.5, 0.6) is 0 Å². The van der Waals surface area contributed by atoms with Crippen LogP contribution in [0.4, 0.5) is 0 Å². The van der Waals surface area contributed by atoms with Crippen molar-refractivity contribution in [3.05, 3.63) is 60.3 Å². The molecule has 3 aromatic heterocycles. The van der Waals surface area contributed by atoms with Crippen LogP contribution in [0.15, 0.2) is 49.2 Å². The van der Waals surface area contributed by atoms with Crippen molar-refractivity contribution in [2.24, 2.45) is 7.05 Å². The van der Waals surface area contributed by atoms with Crippen LogP contribution in [0, 0.1) is 0 Å². The lowest BCUT2D eigenvalue weighted by atomic mass is 10.1. The van der Waals surface area contributed by atoms with Crippen molar-refractivity contribution in [2.75, 3.05) is 6.54 Å². The van der Waals surface area contributed by atoms with Gasteiger partial charge in [0.2, 0.25) is 0 Å². The summed E-state index contributed by atoms with van der Waals surface area (Å²) in [4.78, 5) is 19.1. The van der Waals surface area contributed by atoms with Gasteiger partial charge in [0, 0.05) is 43.9 Å². The molecule has 122 valence electrons. The molecule has 0 bridgehead atoms. The van der Waals surface area contributed by atoms with Crippen molar-refractivity contribution in [3.63, 3.8) is 0 Å². The van der Waals surface area contributed by atoms with E-state index in [-0.39, 0.29) is 11.9 Å². The van der Waals surface area contributed by atoms with Crippen LogP contribution in [0.3, 0.4) is 0 Å². The Labute approximate surface area is 139 Å². The second-order valence-electron chi connectivity index (χ2n) is 5.96. The molecule has 0 radical (unpaired) electrons. The molecule has 0 aliphatic carbocycles. The zero-order chi connectivity index (χ0) is 16.5. The van der Waals surface area contributed by atoms with Gasteiger partial charge in [-0.15, -0.1) is 0 Å². The lowest BCUT2D eigenvalue weighted by Crippen LogP contribution is -2.30. The number of likely N-dealkylation sites (tertiary alicyclic amines) is 1. The molecule has 4 heterocycles. The van der Waals surface area contributed by atoms with Gasteiger partial charge >= 0.3 is 0 Å². The van der Waals surface area contributed by atoms with Crippen LogP contribution in [0.1, 0.15) is 34.8 Å². The summed E-state index contributed by atoms with van der Waals surface area (Å²) in [6.07, 6.45) is 10.9. The quantitative estimate of drug-likeness (QED) is 0.739. The summed E-state index contributed by atoms with van der Waals surface area (Å²) in [6.45, 7) is 0.763. The van der Waals surface area contributed by atoms with Gasteiger partial charge in [-0.3, -0.25) is 9.48 Å². The summed E-state index contributed by atoms with van der Waals surface area (Å²) < 4.78 is 3.44. The monoisotopic (exact) mass is 322 g/mol. The Hall–Kier alpha value is -2.96. The average molecular weight is 322 g/mol. The predicted octanol–water partition coefficient (Wildman–Crippen LogP) is 1.98. The second kappa shape index (κ2) is 5.92. The predicted molar refractivity (Wildman–Crippen MR) is 87.6 cm³/mol. The Morgan fingerprint density at radius 2 is 2.17 bits per heavy atom. The third kappa shape index (κ3) is 2.58. The summed E-state index contributed by atoms with van der Waals surface area (Å²) in [5.41, 5.74) is 1.69. The van der Waals surface area contributed by atoms with E-state index in [0.29, 0.717) is 11.4 Å². The third-order valence-electron chi connectivity index (χ3n) is 4.36. The van der Waals surface area contributed by atoms with E-state index in [9.17, 15) is 4.79 Å². The number of hydrogen-bond donors (Lipinski definition) is 0. The molecule has 0 spiro atoms. The molecular formula is C17H18N6O. The summed E-state index contributed by atoms with van der Waals surface area (Å²) in [5, 5.41) is 8.37. The molecule has 0 N–H and O–H groups in total. The van der Waals surface area contributed by atoms with Gasteiger partial charge in [0.15, 0.2) is 5.82 Å². The zero-order valence-electron chi connectivity index (χ0n) is 13.4. The average Bonchev–Trinajstić information content (AvgIpc) is 3.35. The van der Waals surface area contributed by atoms with Crippen LogP contribution >= 0.6 is 0 Å². The molecule has 0 unspecified atom stereocenters. The standard InChI is InChI=1S/C17H18N6O/c1-21-12-14(11-20-21)15-4-2-8-22(15)17(24)13-5-6-16(18-10-13)23-9-3-7-19-23/h3,5-7,9-12,15H,2,4,8H2,1H3/t15-/m0/s1. The number of nitrogens with zero attached hydrogens (tertiary/aromatic N) is 6. The van der Waals surface area contributed by atoms with Gasteiger partial charge in [-0.05, 0) is 31.0 Å². The zero-order valence-corrected chi connectivity index (χ0v) is 13.4. The highest BCUT2D eigenvalue weighted by Gasteiger charge is 2.31. The number of rotatable bonds is 3. The fourth-order valence-electron chi connectivity index (χ4n) is 3.19. The van der Waals surface area contributed by atoms with Crippen LogP contribution in [0.2, 0.25) is 0 Å². The van der Waals surface area contributed by atoms with Gasteiger partial charge in [0.1, 0.15) is 0 Å². The first-order valence-electron chi connectivity index (χ1n) is 7.98. The number of amides is 1. The van der Waals surface area contributed by atoms with Gasteiger partial charge in [-0.25, -0.2) is 9.67 Å². The molecule has 1 atom stereocenters. The fraction of sp³-hybridized carbons (Fsp3) is 0.294. The molecule has 7 nitrogen and oxygen atoms in total. The summed E-state index contributed by atoms with van der Waals surface area (Å²) in [7, 11) is 1.89. The Bertz CT molecular complexity index is 836. The molecule has 1 saturated heterocycles. The maximum atomic E-state index is 12.9. The maximum Gasteiger partial charge on any atom is 0.255 e. The van der Waals surface area contributed by atoms with Gasteiger partial charge in [-0.2, -0.15) is 10.2 Å². The molecule has 24 heavy (non-hydrogen) atoms. The highest BCUT2D eigenvalue weighted by atomic mass is 16.2. The minimum atomic E-state index is 0.0147. The smallest absolute Gasteiger partial charge is 0.255 e. The first-order chi connectivity index (χ1) is 11.7. The second-order valence-corrected chi connectivity index (χ2v) is 5.96.